The van der Waals surface area contributed by atoms with E-state index >= 15 is 0 Å². The molecule has 0 fully saturated rings. The van der Waals surface area contributed by atoms with Crippen molar-refractivity contribution < 1.29 is 28.6 Å². The van der Waals surface area contributed by atoms with Gasteiger partial charge >= 0.3 is 11.9 Å². The standard InChI is InChI=1S/C29H33N3O6Si/c1-19(33)37-26(28(34)35)16-21-15-23(38-39(5,6)29(2,3)4)11-12-25(21)36-18-22-13-14-31-27(32-22)24-10-8-7-9-20(24)17-30/h7-15,26H,16,18H2,1-6H3,(H,34,35). The molecule has 0 bridgehead atoms. The van der Waals surface area contributed by atoms with Gasteiger partial charge in [0.2, 0.25) is 14.4 Å². The minimum atomic E-state index is -2.17. The molecule has 2 aromatic carbocycles. The van der Waals surface area contributed by atoms with E-state index < -0.39 is 26.4 Å². The number of nitriles is 1. The molecule has 1 heterocycles. The number of rotatable bonds is 10. The number of aliphatic carboxylic acids is 1. The zero-order valence-corrected chi connectivity index (χ0v) is 24.0. The minimum absolute atomic E-state index is 0.0431. The van der Waals surface area contributed by atoms with E-state index in [1.165, 1.54) is 6.92 Å². The van der Waals surface area contributed by atoms with Gasteiger partial charge in [0.15, 0.2) is 5.82 Å². The number of benzene rings is 2. The van der Waals surface area contributed by atoms with E-state index in [0.717, 1.165) is 0 Å². The van der Waals surface area contributed by atoms with Crippen LogP contribution in [-0.2, 0) is 27.4 Å². The average molecular weight is 548 g/mol. The number of hydrogen-bond donors (Lipinski definition) is 1. The minimum Gasteiger partial charge on any atom is -0.543 e. The number of carbonyl (C=O) groups excluding carboxylic acids is 1. The molecule has 204 valence electrons. The van der Waals surface area contributed by atoms with Crippen molar-refractivity contribution >= 4 is 20.3 Å². The van der Waals surface area contributed by atoms with Gasteiger partial charge in [0.25, 0.3) is 0 Å². The number of hydrogen-bond acceptors (Lipinski definition) is 8. The summed E-state index contributed by atoms with van der Waals surface area (Å²) in [5.74, 6) is -0.553. The number of esters is 1. The molecule has 10 heteroatoms. The monoisotopic (exact) mass is 547 g/mol. The number of ether oxygens (including phenoxy) is 2. The van der Waals surface area contributed by atoms with Crippen LogP contribution >= 0.6 is 0 Å². The van der Waals surface area contributed by atoms with Crippen LogP contribution in [0.2, 0.25) is 18.1 Å². The van der Waals surface area contributed by atoms with Crippen LogP contribution in [0.25, 0.3) is 11.4 Å². The predicted octanol–water partition coefficient (Wildman–Crippen LogP) is 5.54. The van der Waals surface area contributed by atoms with Crippen molar-refractivity contribution in [3.63, 3.8) is 0 Å². The first-order chi connectivity index (χ1) is 18.3. The number of carboxylic acid groups (broad SMARTS) is 1. The first-order valence-electron chi connectivity index (χ1n) is 12.5. The van der Waals surface area contributed by atoms with Crippen LogP contribution in [0.1, 0.15) is 44.5 Å². The predicted molar refractivity (Wildman–Crippen MR) is 148 cm³/mol. The van der Waals surface area contributed by atoms with E-state index in [9.17, 15) is 20.0 Å². The highest BCUT2D eigenvalue weighted by molar-refractivity contribution is 6.74. The van der Waals surface area contributed by atoms with E-state index in [0.29, 0.717) is 39.7 Å². The molecule has 0 amide bonds. The lowest BCUT2D eigenvalue weighted by molar-refractivity contribution is -0.162. The molecule has 1 unspecified atom stereocenters. The summed E-state index contributed by atoms with van der Waals surface area (Å²) < 4.78 is 17.5. The Morgan fingerprint density at radius 2 is 1.85 bits per heavy atom. The highest BCUT2D eigenvalue weighted by Gasteiger charge is 2.39. The molecular formula is C29H33N3O6Si. The van der Waals surface area contributed by atoms with E-state index in [4.69, 9.17) is 13.9 Å². The molecule has 9 nitrogen and oxygen atoms in total. The van der Waals surface area contributed by atoms with E-state index in [1.54, 1.807) is 48.7 Å². The Labute approximate surface area is 229 Å². The fourth-order valence-corrected chi connectivity index (χ4v) is 4.50. The maximum atomic E-state index is 11.8. The molecule has 0 aliphatic rings. The molecule has 1 N–H and O–H groups in total. The average Bonchev–Trinajstić information content (AvgIpc) is 2.86. The lowest BCUT2D eigenvalue weighted by Gasteiger charge is -2.36. The summed E-state index contributed by atoms with van der Waals surface area (Å²) in [5.41, 5.74) is 2.15. The zero-order chi connectivity index (χ0) is 28.8. The largest absolute Gasteiger partial charge is 0.543 e. The number of aromatic nitrogens is 2. The van der Waals surface area contributed by atoms with E-state index in [-0.39, 0.29) is 18.1 Å². The summed E-state index contributed by atoms with van der Waals surface area (Å²) in [4.78, 5) is 32.2. The van der Waals surface area contributed by atoms with Gasteiger partial charge in [0.1, 0.15) is 18.1 Å². The summed E-state index contributed by atoms with van der Waals surface area (Å²) in [6.45, 7) is 11.9. The van der Waals surface area contributed by atoms with Crippen molar-refractivity contribution in [3.8, 4) is 29.0 Å². The third-order valence-corrected chi connectivity index (χ3v) is 10.9. The smallest absolute Gasteiger partial charge is 0.345 e. The molecule has 0 radical (unpaired) electrons. The lowest BCUT2D eigenvalue weighted by Crippen LogP contribution is -2.43. The van der Waals surface area contributed by atoms with Crippen molar-refractivity contribution in [2.45, 2.75) is 65.0 Å². The SMILES string of the molecule is CC(=O)OC(Cc1cc(O[Si](C)(C)C(C)(C)C)ccc1OCc1ccnc(-c2ccccc2C#N)n1)C(=O)O. The van der Waals surface area contributed by atoms with Gasteiger partial charge < -0.3 is 19.0 Å². The Balaban J connectivity index is 1.91. The second-order valence-electron chi connectivity index (χ2n) is 10.6. The highest BCUT2D eigenvalue weighted by atomic mass is 28.4. The molecule has 39 heavy (non-hydrogen) atoms. The molecule has 0 spiro atoms. The first-order valence-corrected chi connectivity index (χ1v) is 15.4. The summed E-state index contributed by atoms with van der Waals surface area (Å²) in [6.07, 6.45) is 0.0952. The molecule has 0 saturated heterocycles. The van der Waals surface area contributed by atoms with E-state index in [1.807, 2.05) is 6.07 Å². The Morgan fingerprint density at radius 1 is 1.13 bits per heavy atom. The number of carboxylic acids is 1. The number of carbonyl (C=O) groups is 2. The maximum absolute atomic E-state index is 11.8. The van der Waals surface area contributed by atoms with Crippen molar-refractivity contribution in [2.75, 3.05) is 0 Å². The zero-order valence-electron chi connectivity index (χ0n) is 23.0. The van der Waals surface area contributed by atoms with Crippen LogP contribution in [0, 0.1) is 11.3 Å². The van der Waals surface area contributed by atoms with Crippen molar-refractivity contribution in [1.82, 2.24) is 9.97 Å². The van der Waals surface area contributed by atoms with E-state index in [2.05, 4.69) is 49.9 Å². The summed E-state index contributed by atoms with van der Waals surface area (Å²) >= 11 is 0. The van der Waals surface area contributed by atoms with Crippen LogP contribution in [0.3, 0.4) is 0 Å². The van der Waals surface area contributed by atoms with Gasteiger partial charge in [-0.15, -0.1) is 0 Å². The van der Waals surface area contributed by atoms with Crippen LogP contribution < -0.4 is 9.16 Å². The first kappa shape index (κ1) is 29.3. The summed E-state index contributed by atoms with van der Waals surface area (Å²) in [5, 5.41) is 19.0. The van der Waals surface area contributed by atoms with Crippen LogP contribution in [0.5, 0.6) is 11.5 Å². The second-order valence-corrected chi connectivity index (χ2v) is 15.3. The third-order valence-electron chi connectivity index (χ3n) is 6.58. The molecule has 1 aromatic heterocycles. The van der Waals surface area contributed by atoms with Crippen molar-refractivity contribution in [1.29, 1.82) is 5.26 Å². The molecule has 3 aromatic rings. The normalized spacial score (nSPS) is 12.2. The van der Waals surface area contributed by atoms with Gasteiger partial charge in [0, 0.05) is 30.7 Å². The van der Waals surface area contributed by atoms with Crippen molar-refractivity contribution in [2.24, 2.45) is 0 Å². The van der Waals surface area contributed by atoms with Gasteiger partial charge in [-0.05, 0) is 54.5 Å². The van der Waals surface area contributed by atoms with Crippen LogP contribution in [-0.4, -0.2) is 41.4 Å². The molecular weight excluding hydrogens is 514 g/mol. The van der Waals surface area contributed by atoms with Crippen LogP contribution in [0.4, 0.5) is 0 Å². The summed E-state index contributed by atoms with van der Waals surface area (Å²) in [6, 6.07) is 16.2. The molecule has 3 rings (SSSR count). The topological polar surface area (TPSA) is 132 Å². The summed E-state index contributed by atoms with van der Waals surface area (Å²) in [7, 11) is -2.17. The third kappa shape index (κ3) is 7.64. The highest BCUT2D eigenvalue weighted by Crippen LogP contribution is 2.38. The maximum Gasteiger partial charge on any atom is 0.345 e. The Morgan fingerprint density at radius 3 is 2.49 bits per heavy atom. The van der Waals surface area contributed by atoms with Gasteiger partial charge in [-0.2, -0.15) is 5.26 Å². The second kappa shape index (κ2) is 12.1. The fourth-order valence-electron chi connectivity index (χ4n) is 3.48. The Bertz CT molecular complexity index is 1390. The van der Waals surface area contributed by atoms with Gasteiger partial charge in [0.05, 0.1) is 17.3 Å². The lowest BCUT2D eigenvalue weighted by atomic mass is 10.1. The quantitative estimate of drug-likeness (QED) is 0.257. The fraction of sp³-hybridized carbons (Fsp3) is 0.345. The molecule has 1 atom stereocenters. The van der Waals surface area contributed by atoms with Gasteiger partial charge in [-0.3, -0.25) is 4.79 Å². The Kier molecular flexibility index (Phi) is 9.09. The Hall–Kier alpha value is -4.23. The van der Waals surface area contributed by atoms with Crippen LogP contribution in [0.15, 0.2) is 54.7 Å². The van der Waals surface area contributed by atoms with Gasteiger partial charge in [-0.1, -0.05) is 32.9 Å². The van der Waals surface area contributed by atoms with Crippen molar-refractivity contribution in [3.05, 3.63) is 71.5 Å². The molecule has 0 aliphatic carbocycles. The molecule has 0 aliphatic heterocycles. The van der Waals surface area contributed by atoms with Gasteiger partial charge in [-0.25, -0.2) is 14.8 Å². The number of nitrogens with zero attached hydrogens (tertiary/aromatic N) is 3. The molecule has 0 saturated carbocycles.